The molecule has 14 heteroatoms. The van der Waals surface area contributed by atoms with Crippen LogP contribution < -0.4 is 8.92 Å². The minimum atomic E-state index is -5.96. The number of amides is 1. The van der Waals surface area contributed by atoms with Crippen molar-refractivity contribution >= 4 is 16.0 Å². The lowest BCUT2D eigenvalue weighted by Gasteiger charge is -2.41. The highest BCUT2D eigenvalue weighted by atomic mass is 32.2. The molecule has 0 unspecified atom stereocenters. The van der Waals surface area contributed by atoms with E-state index < -0.39 is 26.9 Å². The van der Waals surface area contributed by atoms with Gasteiger partial charge in [0.15, 0.2) is 17.2 Å². The van der Waals surface area contributed by atoms with Gasteiger partial charge in [-0.3, -0.25) is 9.36 Å². The van der Waals surface area contributed by atoms with Crippen LogP contribution in [0.2, 0.25) is 0 Å². The van der Waals surface area contributed by atoms with Gasteiger partial charge in [-0.15, -0.1) is 0 Å². The Morgan fingerprint density at radius 2 is 1.92 bits per heavy atom. The zero-order chi connectivity index (χ0) is 28.3. The lowest BCUT2D eigenvalue weighted by atomic mass is 9.98. The zero-order valence-corrected chi connectivity index (χ0v) is 22.5. The lowest BCUT2D eigenvalue weighted by Crippen LogP contribution is -2.55. The van der Waals surface area contributed by atoms with Crippen molar-refractivity contribution in [3.05, 3.63) is 47.5 Å². The van der Waals surface area contributed by atoms with E-state index >= 15 is 0 Å². The van der Waals surface area contributed by atoms with Crippen LogP contribution in [-0.4, -0.2) is 71.3 Å². The molecular formula is C25H27F3N4O6S. The number of carbonyl (C=O) groups excluding carboxylic acids is 1. The molecule has 1 fully saturated rings. The van der Waals surface area contributed by atoms with Crippen molar-refractivity contribution in [3.63, 3.8) is 0 Å². The summed E-state index contributed by atoms with van der Waals surface area (Å²) in [6.45, 7) is 4.92. The summed E-state index contributed by atoms with van der Waals surface area (Å²) in [7, 11) is -2.94. The lowest BCUT2D eigenvalue weighted by molar-refractivity contribution is -0.0500. The first-order valence-electron chi connectivity index (χ1n) is 12.1. The van der Waals surface area contributed by atoms with Crippen LogP contribution in [0.15, 0.2) is 30.6 Å². The number of halogens is 3. The highest BCUT2D eigenvalue weighted by molar-refractivity contribution is 7.88. The Hall–Kier alpha value is -3.52. The largest absolute Gasteiger partial charge is 0.534 e. The van der Waals surface area contributed by atoms with Gasteiger partial charge in [-0.25, -0.2) is 4.98 Å². The Labute approximate surface area is 223 Å². The minimum Gasteiger partial charge on any atom is -0.493 e. The van der Waals surface area contributed by atoms with Crippen LogP contribution in [0.3, 0.4) is 0 Å². The molecule has 0 spiro atoms. The van der Waals surface area contributed by atoms with Gasteiger partial charge in [0.1, 0.15) is 5.82 Å². The number of hydrogen-bond acceptors (Lipinski definition) is 7. The maximum absolute atomic E-state index is 13.9. The molecule has 210 valence electrons. The van der Waals surface area contributed by atoms with E-state index in [2.05, 4.69) is 4.18 Å². The summed E-state index contributed by atoms with van der Waals surface area (Å²) in [4.78, 5) is 20.3. The predicted octanol–water partition coefficient (Wildman–Crippen LogP) is 3.46. The molecule has 1 saturated heterocycles. The highest BCUT2D eigenvalue weighted by Crippen LogP contribution is 2.41. The highest BCUT2D eigenvalue weighted by Gasteiger charge is 2.49. The van der Waals surface area contributed by atoms with Gasteiger partial charge in [-0.1, -0.05) is 0 Å². The standard InChI is InChI=1S/C25H27F3N4O6S/c1-24(2)14-37-10-9-31(24)23(33)21-17-6-5-15-11-19(36-4)20(38-39(34,35)25(26,27)28)12-18(15)32(17)22(29-21)16-7-8-30(3)13-16/h7-8,11-13H,5-6,9-10,14H2,1-4H3. The fourth-order valence-corrected chi connectivity index (χ4v) is 5.41. The van der Waals surface area contributed by atoms with Gasteiger partial charge in [0, 0.05) is 37.6 Å². The van der Waals surface area contributed by atoms with E-state index in [0.29, 0.717) is 60.9 Å². The summed E-state index contributed by atoms with van der Waals surface area (Å²) in [5, 5.41) is 0. The van der Waals surface area contributed by atoms with E-state index in [9.17, 15) is 26.4 Å². The molecule has 2 aliphatic rings. The van der Waals surface area contributed by atoms with Crippen LogP contribution in [-0.2, 0) is 34.7 Å². The van der Waals surface area contributed by atoms with Crippen LogP contribution >= 0.6 is 0 Å². The molecule has 4 heterocycles. The normalized spacial score (nSPS) is 16.9. The third-order valence-corrected chi connectivity index (χ3v) is 7.84. The molecule has 0 atom stereocenters. The predicted molar refractivity (Wildman–Crippen MR) is 133 cm³/mol. The average Bonchev–Trinajstić information content (AvgIpc) is 3.45. The molecule has 0 saturated carbocycles. The van der Waals surface area contributed by atoms with Crippen molar-refractivity contribution in [2.45, 2.75) is 37.7 Å². The monoisotopic (exact) mass is 568 g/mol. The molecule has 2 aliphatic heterocycles. The van der Waals surface area contributed by atoms with Gasteiger partial charge in [0.25, 0.3) is 5.91 Å². The summed E-state index contributed by atoms with van der Waals surface area (Å²) in [5.41, 5.74) is -3.76. The van der Waals surface area contributed by atoms with Crippen LogP contribution in [0, 0.1) is 0 Å². The van der Waals surface area contributed by atoms with E-state index in [4.69, 9.17) is 14.5 Å². The smallest absolute Gasteiger partial charge is 0.493 e. The molecule has 2 aromatic heterocycles. The summed E-state index contributed by atoms with van der Waals surface area (Å²) in [6, 6.07) is 4.42. The first kappa shape index (κ1) is 27.1. The van der Waals surface area contributed by atoms with Crippen molar-refractivity contribution in [1.29, 1.82) is 0 Å². The Bertz CT molecular complexity index is 1560. The van der Waals surface area contributed by atoms with E-state index in [1.54, 1.807) is 32.5 Å². The van der Waals surface area contributed by atoms with Crippen molar-refractivity contribution in [1.82, 2.24) is 19.0 Å². The number of morpholine rings is 1. The molecular weight excluding hydrogens is 541 g/mol. The second-order valence-electron chi connectivity index (χ2n) is 10.1. The number of hydrogen-bond donors (Lipinski definition) is 0. The first-order chi connectivity index (χ1) is 18.2. The third kappa shape index (κ3) is 4.65. The molecule has 3 aromatic rings. The number of alkyl halides is 3. The Kier molecular flexibility index (Phi) is 6.45. The van der Waals surface area contributed by atoms with Gasteiger partial charge in [-0.2, -0.15) is 21.6 Å². The van der Waals surface area contributed by atoms with E-state index in [1.807, 2.05) is 20.9 Å². The molecule has 1 aromatic carbocycles. The maximum atomic E-state index is 13.9. The van der Waals surface area contributed by atoms with Crippen molar-refractivity contribution in [2.75, 3.05) is 26.9 Å². The van der Waals surface area contributed by atoms with Crippen molar-refractivity contribution < 1.29 is 40.0 Å². The Balaban J connectivity index is 1.70. The SMILES string of the molecule is COc1cc2c(cc1OS(=O)(=O)C(F)(F)F)-n1c(-c3ccn(C)c3)nc(C(=O)N3CCOCC3(C)C)c1CC2. The number of ether oxygens (including phenoxy) is 2. The van der Waals surface area contributed by atoms with E-state index in [-0.39, 0.29) is 17.4 Å². The van der Waals surface area contributed by atoms with Crippen LogP contribution in [0.1, 0.15) is 35.6 Å². The van der Waals surface area contributed by atoms with E-state index in [0.717, 1.165) is 0 Å². The number of aryl methyl sites for hydroxylation is 2. The number of nitrogens with zero attached hydrogens (tertiary/aromatic N) is 4. The number of rotatable bonds is 5. The van der Waals surface area contributed by atoms with Gasteiger partial charge in [0.2, 0.25) is 0 Å². The number of methoxy groups -OCH3 is 1. The minimum absolute atomic E-state index is 0.169. The van der Waals surface area contributed by atoms with Gasteiger partial charge in [-0.05, 0) is 44.4 Å². The molecule has 1 amide bonds. The quantitative estimate of drug-likeness (QED) is 0.343. The van der Waals surface area contributed by atoms with Crippen molar-refractivity contribution in [3.8, 4) is 28.6 Å². The molecule has 10 nitrogen and oxygen atoms in total. The Morgan fingerprint density at radius 1 is 1.18 bits per heavy atom. The maximum Gasteiger partial charge on any atom is 0.534 e. The first-order valence-corrected chi connectivity index (χ1v) is 13.5. The zero-order valence-electron chi connectivity index (χ0n) is 21.7. The number of imidazole rings is 1. The summed E-state index contributed by atoms with van der Waals surface area (Å²) >= 11 is 0. The van der Waals surface area contributed by atoms with Gasteiger partial charge < -0.3 is 23.1 Å². The molecule has 0 bridgehead atoms. The van der Waals surface area contributed by atoms with Crippen molar-refractivity contribution in [2.24, 2.45) is 7.05 Å². The number of aromatic nitrogens is 3. The second-order valence-corrected chi connectivity index (χ2v) is 11.6. The summed E-state index contributed by atoms with van der Waals surface area (Å²) < 4.78 is 81.8. The van der Waals surface area contributed by atoms with Gasteiger partial charge in [0.05, 0.1) is 37.2 Å². The topological polar surface area (TPSA) is 105 Å². The van der Waals surface area contributed by atoms with Crippen LogP contribution in [0.4, 0.5) is 13.2 Å². The molecule has 0 N–H and O–H groups in total. The third-order valence-electron chi connectivity index (χ3n) is 6.88. The molecule has 39 heavy (non-hydrogen) atoms. The summed E-state index contributed by atoms with van der Waals surface area (Å²) in [6.07, 6.45) is 4.41. The van der Waals surface area contributed by atoms with Gasteiger partial charge >= 0.3 is 15.6 Å². The number of fused-ring (bicyclic) bond motifs is 3. The number of benzene rings is 1. The fraction of sp³-hybridized carbons (Fsp3) is 0.440. The molecule has 0 aliphatic carbocycles. The Morgan fingerprint density at radius 3 is 2.54 bits per heavy atom. The number of carbonyl (C=O) groups is 1. The van der Waals surface area contributed by atoms with E-state index in [1.165, 1.54) is 19.2 Å². The average molecular weight is 569 g/mol. The summed E-state index contributed by atoms with van der Waals surface area (Å²) in [5.74, 6) is -0.702. The second kappa shape index (κ2) is 9.30. The van der Waals surface area contributed by atoms with Crippen LogP contribution in [0.5, 0.6) is 11.5 Å². The molecule has 5 rings (SSSR count). The molecule has 0 radical (unpaired) electrons. The fourth-order valence-electron chi connectivity index (χ4n) is 4.95. The van der Waals surface area contributed by atoms with Crippen LogP contribution in [0.25, 0.3) is 17.1 Å².